The molecule has 0 radical (unpaired) electrons. The molecule has 1 aliphatic rings. The van der Waals surface area contributed by atoms with E-state index in [0.717, 1.165) is 25.7 Å². The first kappa shape index (κ1) is 20.2. The Morgan fingerprint density at radius 3 is 2.68 bits per heavy atom. The summed E-state index contributed by atoms with van der Waals surface area (Å²) in [6, 6.07) is 9.14. The average Bonchev–Trinajstić information content (AvgIpc) is 3.12. The fourth-order valence-corrected chi connectivity index (χ4v) is 4.19. The van der Waals surface area contributed by atoms with E-state index in [0.29, 0.717) is 28.9 Å². The van der Waals surface area contributed by atoms with Crippen LogP contribution in [-0.2, 0) is 17.6 Å². The first-order valence-electron chi connectivity index (χ1n) is 9.62. The van der Waals surface area contributed by atoms with Gasteiger partial charge in [0, 0.05) is 4.88 Å². The highest BCUT2D eigenvalue weighted by Gasteiger charge is 2.21. The molecule has 2 aromatic rings. The quantitative estimate of drug-likeness (QED) is 0.695. The third kappa shape index (κ3) is 5.25. The van der Waals surface area contributed by atoms with Crippen LogP contribution in [0.3, 0.4) is 0 Å². The van der Waals surface area contributed by atoms with Crippen LogP contribution < -0.4 is 20.3 Å². The van der Waals surface area contributed by atoms with E-state index in [-0.39, 0.29) is 12.5 Å². The predicted molar refractivity (Wildman–Crippen MR) is 109 cm³/mol. The van der Waals surface area contributed by atoms with Crippen LogP contribution in [0.25, 0.3) is 0 Å². The van der Waals surface area contributed by atoms with E-state index >= 15 is 0 Å². The highest BCUT2D eigenvalue weighted by Crippen LogP contribution is 2.32. The summed E-state index contributed by atoms with van der Waals surface area (Å²) in [5.74, 6) is 1.01. The van der Waals surface area contributed by atoms with E-state index in [1.807, 2.05) is 25.1 Å². The van der Waals surface area contributed by atoms with Gasteiger partial charge in [0.25, 0.3) is 11.8 Å². The molecule has 0 fully saturated rings. The van der Waals surface area contributed by atoms with Crippen molar-refractivity contribution in [2.75, 3.05) is 13.2 Å². The van der Waals surface area contributed by atoms with Crippen molar-refractivity contribution in [2.45, 2.75) is 39.5 Å². The Hall–Kier alpha value is -2.54. The molecule has 2 N–H and O–H groups in total. The van der Waals surface area contributed by atoms with Gasteiger partial charge >= 0.3 is 0 Å². The van der Waals surface area contributed by atoms with Gasteiger partial charge in [-0.1, -0.05) is 26.0 Å². The number of thiophene rings is 1. The van der Waals surface area contributed by atoms with Gasteiger partial charge < -0.3 is 9.47 Å². The van der Waals surface area contributed by atoms with Gasteiger partial charge in [0.05, 0.1) is 11.5 Å². The van der Waals surface area contributed by atoms with Crippen molar-refractivity contribution in [3.8, 4) is 11.5 Å². The van der Waals surface area contributed by atoms with Gasteiger partial charge in [-0.3, -0.25) is 20.4 Å². The van der Waals surface area contributed by atoms with Crippen molar-refractivity contribution in [2.24, 2.45) is 5.92 Å². The first-order chi connectivity index (χ1) is 13.6. The molecule has 1 aromatic heterocycles. The SMILES string of the molecule is CCCOc1ccccc1OCC(=O)NNC(=O)c1cc2c(s1)CC[C@H](C)C2. The zero-order valence-electron chi connectivity index (χ0n) is 16.2. The smallest absolute Gasteiger partial charge is 0.279 e. The van der Waals surface area contributed by atoms with Crippen LogP contribution in [0.1, 0.15) is 46.8 Å². The number of hydrazine groups is 1. The van der Waals surface area contributed by atoms with Crippen LogP contribution in [-0.4, -0.2) is 25.0 Å². The van der Waals surface area contributed by atoms with E-state index in [9.17, 15) is 9.59 Å². The minimum absolute atomic E-state index is 0.217. The number of ether oxygens (including phenoxy) is 2. The van der Waals surface area contributed by atoms with Gasteiger partial charge in [-0.25, -0.2) is 0 Å². The summed E-state index contributed by atoms with van der Waals surface area (Å²) >= 11 is 1.51. The number of benzene rings is 1. The molecule has 0 aliphatic heterocycles. The lowest BCUT2D eigenvalue weighted by Crippen LogP contribution is -2.43. The Kier molecular flexibility index (Phi) is 6.92. The predicted octanol–water partition coefficient (Wildman–Crippen LogP) is 3.50. The summed E-state index contributed by atoms with van der Waals surface area (Å²) < 4.78 is 11.1. The molecule has 0 saturated heterocycles. The molecular formula is C21H26N2O4S. The standard InChI is InChI=1S/C21H26N2O4S/c1-3-10-26-16-6-4-5-7-17(16)27-13-20(24)22-23-21(25)19-12-15-11-14(2)8-9-18(15)28-19/h4-7,12,14H,3,8-11,13H2,1-2H3,(H,22,24)(H,23,25)/t14-/m0/s1. The molecule has 28 heavy (non-hydrogen) atoms. The van der Waals surface area contributed by atoms with Crippen LogP contribution in [0.5, 0.6) is 11.5 Å². The van der Waals surface area contributed by atoms with Crippen LogP contribution in [0.4, 0.5) is 0 Å². The molecule has 7 heteroatoms. The molecule has 0 spiro atoms. The maximum absolute atomic E-state index is 12.3. The Bertz CT molecular complexity index is 834. The zero-order valence-corrected chi connectivity index (χ0v) is 17.1. The van der Waals surface area contributed by atoms with Crippen LogP contribution in [0.2, 0.25) is 0 Å². The molecule has 1 aliphatic carbocycles. The number of hydrogen-bond donors (Lipinski definition) is 2. The van der Waals surface area contributed by atoms with Gasteiger partial charge in [-0.05, 0) is 55.4 Å². The fraction of sp³-hybridized carbons (Fsp3) is 0.429. The number of amides is 2. The zero-order chi connectivity index (χ0) is 19.9. The Labute approximate surface area is 169 Å². The number of nitrogens with one attached hydrogen (secondary N) is 2. The molecule has 2 amide bonds. The van der Waals surface area contributed by atoms with E-state index in [4.69, 9.17) is 9.47 Å². The lowest BCUT2D eigenvalue weighted by atomic mass is 9.90. The minimum atomic E-state index is -0.436. The van der Waals surface area contributed by atoms with Crippen LogP contribution in [0, 0.1) is 5.92 Å². The van der Waals surface area contributed by atoms with E-state index in [1.54, 1.807) is 12.1 Å². The number of carbonyl (C=O) groups excluding carboxylic acids is 2. The molecule has 0 unspecified atom stereocenters. The van der Waals surface area contributed by atoms with Crippen molar-refractivity contribution in [1.82, 2.24) is 10.9 Å². The van der Waals surface area contributed by atoms with Gasteiger partial charge in [0.2, 0.25) is 0 Å². The third-order valence-corrected chi connectivity index (χ3v) is 5.77. The lowest BCUT2D eigenvalue weighted by Gasteiger charge is -2.16. The molecule has 150 valence electrons. The summed E-state index contributed by atoms with van der Waals surface area (Å²) in [5, 5.41) is 0. The Balaban J connectivity index is 1.48. The summed E-state index contributed by atoms with van der Waals surface area (Å²) in [5.41, 5.74) is 6.13. The van der Waals surface area contributed by atoms with Gasteiger partial charge in [0.1, 0.15) is 0 Å². The number of rotatable bonds is 7. The number of para-hydroxylation sites is 2. The topological polar surface area (TPSA) is 76.7 Å². The van der Waals surface area contributed by atoms with Gasteiger partial charge in [-0.2, -0.15) is 0 Å². The van der Waals surface area contributed by atoms with E-state index in [2.05, 4.69) is 17.8 Å². The summed E-state index contributed by atoms with van der Waals surface area (Å²) in [4.78, 5) is 26.2. The van der Waals surface area contributed by atoms with E-state index < -0.39 is 5.91 Å². The average molecular weight is 403 g/mol. The second-order valence-corrected chi connectivity index (χ2v) is 8.13. The van der Waals surface area contributed by atoms with Crippen molar-refractivity contribution in [1.29, 1.82) is 0 Å². The van der Waals surface area contributed by atoms with Gasteiger partial charge in [0.15, 0.2) is 18.1 Å². The third-order valence-electron chi connectivity index (χ3n) is 4.54. The van der Waals surface area contributed by atoms with Crippen molar-refractivity contribution in [3.05, 3.63) is 45.6 Å². The highest BCUT2D eigenvalue weighted by molar-refractivity contribution is 7.14. The van der Waals surface area contributed by atoms with Crippen LogP contribution in [0.15, 0.2) is 30.3 Å². The minimum Gasteiger partial charge on any atom is -0.490 e. The molecule has 0 bridgehead atoms. The van der Waals surface area contributed by atoms with Crippen molar-refractivity contribution in [3.63, 3.8) is 0 Å². The molecule has 3 rings (SSSR count). The largest absolute Gasteiger partial charge is 0.490 e. The van der Waals surface area contributed by atoms with Crippen molar-refractivity contribution < 1.29 is 19.1 Å². The van der Waals surface area contributed by atoms with Crippen molar-refractivity contribution >= 4 is 23.2 Å². The Morgan fingerprint density at radius 1 is 1.18 bits per heavy atom. The monoisotopic (exact) mass is 402 g/mol. The Morgan fingerprint density at radius 2 is 1.93 bits per heavy atom. The fourth-order valence-electron chi connectivity index (χ4n) is 3.09. The second-order valence-electron chi connectivity index (χ2n) is 6.99. The number of carbonyl (C=O) groups is 2. The van der Waals surface area contributed by atoms with E-state index in [1.165, 1.54) is 21.8 Å². The molecule has 6 nitrogen and oxygen atoms in total. The first-order valence-corrected chi connectivity index (χ1v) is 10.4. The van der Waals surface area contributed by atoms with Crippen LogP contribution >= 0.6 is 11.3 Å². The molecule has 1 heterocycles. The number of fused-ring (bicyclic) bond motifs is 1. The summed E-state index contributed by atoms with van der Waals surface area (Å²) in [6.07, 6.45) is 4.07. The molecule has 0 saturated carbocycles. The lowest BCUT2D eigenvalue weighted by molar-refractivity contribution is -0.123. The van der Waals surface area contributed by atoms with Gasteiger partial charge in [-0.15, -0.1) is 11.3 Å². The maximum Gasteiger partial charge on any atom is 0.279 e. The molecule has 1 atom stereocenters. The highest BCUT2D eigenvalue weighted by atomic mass is 32.1. The maximum atomic E-state index is 12.3. The number of hydrogen-bond acceptors (Lipinski definition) is 5. The normalized spacial score (nSPS) is 15.4. The molecule has 1 aromatic carbocycles. The summed E-state index contributed by atoms with van der Waals surface area (Å²) in [7, 11) is 0. The summed E-state index contributed by atoms with van der Waals surface area (Å²) in [6.45, 7) is 4.60. The second kappa shape index (κ2) is 9.59. The number of aryl methyl sites for hydroxylation is 1. The molecular weight excluding hydrogens is 376 g/mol.